The molecule has 5 heteroatoms. The maximum absolute atomic E-state index is 5.53. The lowest BCUT2D eigenvalue weighted by atomic mass is 10.3. The minimum atomic E-state index is -2.75. The Balaban J connectivity index is 4.80. The van der Waals surface area contributed by atoms with Crippen molar-refractivity contribution in [2.45, 2.75) is 25.8 Å². The van der Waals surface area contributed by atoms with E-state index in [9.17, 15) is 0 Å². The molecule has 0 rings (SSSR count). The van der Waals surface area contributed by atoms with Gasteiger partial charge in [-0.25, -0.2) is 0 Å². The molecule has 0 saturated heterocycles. The fraction of sp³-hybridized carbons (Fsp3) is 0.778. The van der Waals surface area contributed by atoms with Crippen LogP contribution < -0.4 is 0 Å². The van der Waals surface area contributed by atoms with Crippen molar-refractivity contribution in [2.75, 3.05) is 21.3 Å². The van der Waals surface area contributed by atoms with Crippen LogP contribution in [-0.2, 0) is 18.0 Å². The van der Waals surface area contributed by atoms with Crippen molar-refractivity contribution in [1.29, 1.82) is 0 Å². The standard InChI is InChI=1S/C9H20O4Si/c1-8(10-5)13-14(11-6,12-7)9(2,3)4/h1H2,2-7H3. The monoisotopic (exact) mass is 220 g/mol. The smallest absolute Gasteiger partial charge is 0.473 e. The first-order valence-corrected chi connectivity index (χ1v) is 6.07. The Morgan fingerprint density at radius 2 is 1.50 bits per heavy atom. The van der Waals surface area contributed by atoms with Crippen LogP contribution in [0.1, 0.15) is 20.8 Å². The predicted molar refractivity (Wildman–Crippen MR) is 56.7 cm³/mol. The van der Waals surface area contributed by atoms with Crippen molar-refractivity contribution in [3.8, 4) is 0 Å². The highest BCUT2D eigenvalue weighted by Crippen LogP contribution is 2.38. The lowest BCUT2D eigenvalue weighted by Crippen LogP contribution is -2.51. The number of methoxy groups -OCH3 is 1. The Morgan fingerprint density at radius 3 is 1.71 bits per heavy atom. The normalized spacial score (nSPS) is 12.4. The maximum Gasteiger partial charge on any atom is 0.573 e. The molecule has 0 amide bonds. The second kappa shape index (κ2) is 4.81. The molecule has 84 valence electrons. The van der Waals surface area contributed by atoms with Gasteiger partial charge in [0.25, 0.3) is 5.95 Å². The zero-order valence-corrected chi connectivity index (χ0v) is 10.8. The van der Waals surface area contributed by atoms with Gasteiger partial charge in [0.15, 0.2) is 0 Å². The van der Waals surface area contributed by atoms with Gasteiger partial charge in [0, 0.05) is 19.3 Å². The quantitative estimate of drug-likeness (QED) is 0.525. The number of rotatable bonds is 5. The van der Waals surface area contributed by atoms with E-state index < -0.39 is 8.80 Å². The fourth-order valence-corrected chi connectivity index (χ4v) is 3.37. The average molecular weight is 220 g/mol. The Hall–Kier alpha value is -0.523. The van der Waals surface area contributed by atoms with Gasteiger partial charge in [-0.2, -0.15) is 0 Å². The van der Waals surface area contributed by atoms with Crippen LogP contribution in [0.2, 0.25) is 5.04 Å². The third-order valence-electron chi connectivity index (χ3n) is 1.93. The van der Waals surface area contributed by atoms with Crippen LogP contribution in [0.25, 0.3) is 0 Å². The van der Waals surface area contributed by atoms with Gasteiger partial charge in [0.2, 0.25) is 0 Å². The van der Waals surface area contributed by atoms with Gasteiger partial charge < -0.3 is 18.0 Å². The molecule has 0 radical (unpaired) electrons. The molecular weight excluding hydrogens is 200 g/mol. The van der Waals surface area contributed by atoms with Gasteiger partial charge >= 0.3 is 8.80 Å². The molecule has 0 bridgehead atoms. The third kappa shape index (κ3) is 2.73. The lowest BCUT2D eigenvalue weighted by molar-refractivity contribution is 0.0466. The molecule has 0 aromatic rings. The maximum atomic E-state index is 5.53. The van der Waals surface area contributed by atoms with E-state index in [1.165, 1.54) is 7.11 Å². The average Bonchev–Trinajstić information content (AvgIpc) is 2.11. The summed E-state index contributed by atoms with van der Waals surface area (Å²) in [5.74, 6) is 0.218. The van der Waals surface area contributed by atoms with Crippen LogP contribution in [0, 0.1) is 0 Å². The van der Waals surface area contributed by atoms with Crippen LogP contribution in [0.3, 0.4) is 0 Å². The Bertz CT molecular complexity index is 193. The van der Waals surface area contributed by atoms with E-state index in [0.29, 0.717) is 0 Å². The van der Waals surface area contributed by atoms with Crippen molar-refractivity contribution < 1.29 is 18.0 Å². The molecule has 0 aromatic carbocycles. The highest BCUT2D eigenvalue weighted by molar-refractivity contribution is 6.64. The molecule has 0 heterocycles. The minimum absolute atomic E-state index is 0.218. The van der Waals surface area contributed by atoms with E-state index in [1.807, 2.05) is 20.8 Å². The van der Waals surface area contributed by atoms with Crippen molar-refractivity contribution >= 4 is 8.80 Å². The second-order valence-electron chi connectivity index (χ2n) is 3.89. The van der Waals surface area contributed by atoms with E-state index in [-0.39, 0.29) is 11.0 Å². The molecule has 0 fully saturated rings. The van der Waals surface area contributed by atoms with Gasteiger partial charge in [0.1, 0.15) is 0 Å². The molecule has 0 spiro atoms. The Morgan fingerprint density at radius 1 is 1.07 bits per heavy atom. The van der Waals surface area contributed by atoms with Gasteiger partial charge in [-0.1, -0.05) is 20.8 Å². The van der Waals surface area contributed by atoms with Crippen molar-refractivity contribution in [2.24, 2.45) is 0 Å². The van der Waals surface area contributed by atoms with Gasteiger partial charge in [0.05, 0.1) is 7.11 Å². The van der Waals surface area contributed by atoms with Gasteiger partial charge in [-0.3, -0.25) is 0 Å². The van der Waals surface area contributed by atoms with Crippen molar-refractivity contribution in [1.82, 2.24) is 0 Å². The summed E-state index contributed by atoms with van der Waals surface area (Å²) >= 11 is 0. The molecule has 0 saturated carbocycles. The number of ether oxygens (including phenoxy) is 1. The van der Waals surface area contributed by atoms with Crippen LogP contribution in [0.4, 0.5) is 0 Å². The first kappa shape index (κ1) is 13.5. The van der Waals surface area contributed by atoms with Gasteiger partial charge in [-0.15, -0.1) is 0 Å². The Kier molecular flexibility index (Phi) is 4.63. The molecule has 0 aliphatic rings. The predicted octanol–water partition coefficient (Wildman–Crippen LogP) is 2.15. The summed E-state index contributed by atoms with van der Waals surface area (Å²) < 4.78 is 21.1. The molecule has 0 aromatic heterocycles. The first-order valence-electron chi connectivity index (χ1n) is 4.35. The second-order valence-corrected chi connectivity index (χ2v) is 7.53. The topological polar surface area (TPSA) is 36.9 Å². The van der Waals surface area contributed by atoms with Crippen LogP contribution in [-0.4, -0.2) is 30.1 Å². The summed E-state index contributed by atoms with van der Waals surface area (Å²) in [5.41, 5.74) is 0. The van der Waals surface area contributed by atoms with Crippen LogP contribution in [0.5, 0.6) is 0 Å². The summed E-state index contributed by atoms with van der Waals surface area (Å²) in [7, 11) is 1.89. The fourth-order valence-electron chi connectivity index (χ4n) is 1.12. The van der Waals surface area contributed by atoms with Gasteiger partial charge in [-0.05, 0) is 6.58 Å². The molecule has 4 nitrogen and oxygen atoms in total. The van der Waals surface area contributed by atoms with Crippen LogP contribution >= 0.6 is 0 Å². The molecule has 0 unspecified atom stereocenters. The summed E-state index contributed by atoms with van der Waals surface area (Å²) in [5, 5.41) is -0.224. The summed E-state index contributed by atoms with van der Waals surface area (Å²) in [6.45, 7) is 9.58. The van der Waals surface area contributed by atoms with E-state index in [4.69, 9.17) is 18.0 Å². The molecular formula is C9H20O4Si. The largest absolute Gasteiger partial charge is 0.573 e. The summed E-state index contributed by atoms with van der Waals surface area (Å²) in [6, 6.07) is 0. The zero-order valence-electron chi connectivity index (χ0n) is 9.84. The molecule has 0 aliphatic carbocycles. The summed E-state index contributed by atoms with van der Waals surface area (Å²) in [4.78, 5) is 0. The van der Waals surface area contributed by atoms with Crippen molar-refractivity contribution in [3.63, 3.8) is 0 Å². The van der Waals surface area contributed by atoms with Crippen LogP contribution in [0.15, 0.2) is 12.5 Å². The highest BCUT2D eigenvalue weighted by Gasteiger charge is 2.54. The van der Waals surface area contributed by atoms with E-state index in [1.54, 1.807) is 14.2 Å². The zero-order chi connectivity index (χ0) is 11.4. The lowest BCUT2D eigenvalue weighted by Gasteiger charge is -2.36. The SMILES string of the molecule is C=C(OC)O[Si](OC)(OC)C(C)(C)C. The third-order valence-corrected chi connectivity index (χ3v) is 5.34. The summed E-state index contributed by atoms with van der Waals surface area (Å²) in [6.07, 6.45) is 0. The molecule has 14 heavy (non-hydrogen) atoms. The molecule has 0 N–H and O–H groups in total. The minimum Gasteiger partial charge on any atom is -0.473 e. The Labute approximate surface area is 87.2 Å². The number of hydrogen-bond donors (Lipinski definition) is 0. The van der Waals surface area contributed by atoms with Crippen molar-refractivity contribution in [3.05, 3.63) is 12.5 Å². The van der Waals surface area contributed by atoms with E-state index in [2.05, 4.69) is 6.58 Å². The van der Waals surface area contributed by atoms with E-state index >= 15 is 0 Å². The van der Waals surface area contributed by atoms with E-state index in [0.717, 1.165) is 0 Å². The molecule has 0 atom stereocenters. The molecule has 0 aliphatic heterocycles. The first-order chi connectivity index (χ1) is 6.33. The highest BCUT2D eigenvalue weighted by atomic mass is 28.4. The number of hydrogen-bond acceptors (Lipinski definition) is 4.